The lowest BCUT2D eigenvalue weighted by Gasteiger charge is -2.08. The Hall–Kier alpha value is -2.55. The maximum absolute atomic E-state index is 12.3. The fraction of sp³-hybridized carbons (Fsp3) is 0.150. The summed E-state index contributed by atoms with van der Waals surface area (Å²) in [6.45, 7) is 2.08. The molecule has 2 aromatic carbocycles. The van der Waals surface area contributed by atoms with Crippen molar-refractivity contribution < 1.29 is 17.6 Å². The minimum Gasteiger partial charge on any atom is -0.468 e. The van der Waals surface area contributed by atoms with E-state index in [0.29, 0.717) is 11.4 Å². The van der Waals surface area contributed by atoms with Gasteiger partial charge in [0.05, 0.1) is 23.5 Å². The van der Waals surface area contributed by atoms with Crippen LogP contribution in [-0.2, 0) is 21.4 Å². The van der Waals surface area contributed by atoms with Crippen LogP contribution >= 0.6 is 11.8 Å². The molecule has 146 valence electrons. The Kier molecular flexibility index (Phi) is 6.56. The summed E-state index contributed by atoms with van der Waals surface area (Å²) in [7, 11) is -3.66. The molecule has 0 radical (unpaired) electrons. The maximum atomic E-state index is 12.3. The zero-order valence-corrected chi connectivity index (χ0v) is 16.8. The molecular weight excluding hydrogens is 396 g/mol. The summed E-state index contributed by atoms with van der Waals surface area (Å²) in [6, 6.07) is 17.4. The molecule has 0 atom stereocenters. The second-order valence-electron chi connectivity index (χ2n) is 6.08. The highest BCUT2D eigenvalue weighted by molar-refractivity contribution is 8.00. The van der Waals surface area contributed by atoms with Crippen LogP contribution in [0.5, 0.6) is 0 Å². The largest absolute Gasteiger partial charge is 0.468 e. The van der Waals surface area contributed by atoms with Crippen molar-refractivity contribution in [1.29, 1.82) is 0 Å². The highest BCUT2D eigenvalue weighted by Gasteiger charge is 2.14. The lowest BCUT2D eigenvalue weighted by molar-refractivity contribution is -0.113. The molecule has 2 N–H and O–H groups in total. The number of benzene rings is 2. The van der Waals surface area contributed by atoms with Gasteiger partial charge in [-0.05, 0) is 55.5 Å². The van der Waals surface area contributed by atoms with Crippen LogP contribution in [0, 0.1) is 6.92 Å². The van der Waals surface area contributed by atoms with E-state index < -0.39 is 10.0 Å². The van der Waals surface area contributed by atoms with E-state index in [9.17, 15) is 13.2 Å². The van der Waals surface area contributed by atoms with E-state index in [1.54, 1.807) is 24.3 Å². The highest BCUT2D eigenvalue weighted by atomic mass is 32.2. The van der Waals surface area contributed by atoms with Gasteiger partial charge >= 0.3 is 0 Å². The number of rotatable bonds is 8. The molecule has 0 saturated carbocycles. The van der Waals surface area contributed by atoms with Crippen molar-refractivity contribution in [2.75, 3.05) is 11.1 Å². The third-order valence-electron chi connectivity index (χ3n) is 3.86. The lowest BCUT2D eigenvalue weighted by atomic mass is 10.2. The van der Waals surface area contributed by atoms with Gasteiger partial charge in [0.15, 0.2) is 0 Å². The standard InChI is InChI=1S/C20H20N2O4S2/c1-15-4-8-18(9-5-15)27-14-20(23)22-16-6-10-19(11-7-16)28(24,25)21-13-17-3-2-12-26-17/h2-12,21H,13-14H2,1H3,(H,22,23). The number of thioether (sulfide) groups is 1. The van der Waals surface area contributed by atoms with Crippen molar-refractivity contribution >= 4 is 33.4 Å². The van der Waals surface area contributed by atoms with Crippen molar-refractivity contribution in [3.63, 3.8) is 0 Å². The minimum atomic E-state index is -3.66. The monoisotopic (exact) mass is 416 g/mol. The fourth-order valence-corrected chi connectivity index (χ4v) is 4.05. The van der Waals surface area contributed by atoms with Crippen LogP contribution in [0.3, 0.4) is 0 Å². The molecule has 0 fully saturated rings. The van der Waals surface area contributed by atoms with Crippen molar-refractivity contribution in [1.82, 2.24) is 4.72 Å². The van der Waals surface area contributed by atoms with E-state index in [1.165, 1.54) is 35.7 Å². The molecule has 28 heavy (non-hydrogen) atoms. The molecule has 0 aliphatic carbocycles. The molecule has 0 saturated heterocycles. The number of hydrogen-bond acceptors (Lipinski definition) is 5. The van der Waals surface area contributed by atoms with Crippen molar-refractivity contribution in [3.05, 3.63) is 78.3 Å². The first-order valence-corrected chi connectivity index (χ1v) is 11.0. The predicted molar refractivity (Wildman–Crippen MR) is 110 cm³/mol. The average Bonchev–Trinajstić information content (AvgIpc) is 3.20. The number of carbonyl (C=O) groups excluding carboxylic acids is 1. The topological polar surface area (TPSA) is 88.4 Å². The Bertz CT molecular complexity index is 1010. The molecule has 0 aliphatic rings. The van der Waals surface area contributed by atoms with E-state index in [1.807, 2.05) is 31.2 Å². The van der Waals surface area contributed by atoms with E-state index in [-0.39, 0.29) is 23.1 Å². The summed E-state index contributed by atoms with van der Waals surface area (Å²) in [6.07, 6.45) is 1.48. The molecule has 8 heteroatoms. The Morgan fingerprint density at radius 1 is 1.04 bits per heavy atom. The van der Waals surface area contributed by atoms with E-state index in [2.05, 4.69) is 10.0 Å². The van der Waals surface area contributed by atoms with Gasteiger partial charge < -0.3 is 9.73 Å². The fourth-order valence-electron chi connectivity index (χ4n) is 2.36. The van der Waals surface area contributed by atoms with Crippen molar-refractivity contribution in [2.24, 2.45) is 0 Å². The minimum absolute atomic E-state index is 0.0735. The number of aryl methyl sites for hydroxylation is 1. The van der Waals surface area contributed by atoms with E-state index in [4.69, 9.17) is 4.42 Å². The van der Waals surface area contributed by atoms with Gasteiger partial charge in [-0.2, -0.15) is 0 Å². The number of furan rings is 1. The molecule has 1 aromatic heterocycles. The first-order valence-electron chi connectivity index (χ1n) is 8.54. The van der Waals surface area contributed by atoms with Crippen LogP contribution in [0.2, 0.25) is 0 Å². The zero-order chi connectivity index (χ0) is 20.0. The van der Waals surface area contributed by atoms with Gasteiger partial charge in [-0.25, -0.2) is 13.1 Å². The van der Waals surface area contributed by atoms with Gasteiger partial charge in [-0.15, -0.1) is 11.8 Å². The average molecular weight is 417 g/mol. The molecule has 6 nitrogen and oxygen atoms in total. The number of anilines is 1. The molecule has 1 heterocycles. The van der Waals surface area contributed by atoms with Crippen LogP contribution in [0.15, 0.2) is 81.1 Å². The van der Waals surface area contributed by atoms with Crippen LogP contribution in [-0.4, -0.2) is 20.1 Å². The highest BCUT2D eigenvalue weighted by Crippen LogP contribution is 2.19. The molecule has 0 bridgehead atoms. The number of hydrogen-bond donors (Lipinski definition) is 2. The smallest absolute Gasteiger partial charge is 0.240 e. The second kappa shape index (κ2) is 9.09. The maximum Gasteiger partial charge on any atom is 0.240 e. The van der Waals surface area contributed by atoms with Gasteiger partial charge in [-0.3, -0.25) is 4.79 Å². The molecule has 3 aromatic rings. The molecular formula is C20H20N2O4S2. The van der Waals surface area contributed by atoms with Gasteiger partial charge in [-0.1, -0.05) is 17.7 Å². The normalized spacial score (nSPS) is 11.3. The third-order valence-corrected chi connectivity index (χ3v) is 6.28. The summed E-state index contributed by atoms with van der Waals surface area (Å²) < 4.78 is 32.2. The predicted octanol–water partition coefficient (Wildman–Crippen LogP) is 3.80. The quantitative estimate of drug-likeness (QED) is 0.546. The summed E-state index contributed by atoms with van der Waals surface area (Å²) in [5.41, 5.74) is 1.71. The Morgan fingerprint density at radius 2 is 1.75 bits per heavy atom. The van der Waals surface area contributed by atoms with Crippen molar-refractivity contribution in [3.8, 4) is 0 Å². The van der Waals surface area contributed by atoms with Gasteiger partial charge in [0.25, 0.3) is 0 Å². The summed E-state index contributed by atoms with van der Waals surface area (Å²) in [5, 5.41) is 2.77. The summed E-state index contributed by atoms with van der Waals surface area (Å²) in [5.74, 6) is 0.643. The molecule has 0 aliphatic heterocycles. The number of amides is 1. The number of carbonyl (C=O) groups is 1. The zero-order valence-electron chi connectivity index (χ0n) is 15.2. The van der Waals surface area contributed by atoms with Crippen LogP contribution in [0.4, 0.5) is 5.69 Å². The number of nitrogens with one attached hydrogen (secondary N) is 2. The second-order valence-corrected chi connectivity index (χ2v) is 8.89. The first-order chi connectivity index (χ1) is 13.4. The molecule has 3 rings (SSSR count). The molecule has 0 unspecified atom stereocenters. The molecule has 0 spiro atoms. The summed E-state index contributed by atoms with van der Waals surface area (Å²) in [4.78, 5) is 13.2. The number of sulfonamides is 1. The van der Waals surface area contributed by atoms with Crippen LogP contribution in [0.25, 0.3) is 0 Å². The molecule has 1 amide bonds. The van der Waals surface area contributed by atoms with Crippen LogP contribution < -0.4 is 10.0 Å². The van der Waals surface area contributed by atoms with Gasteiger partial charge in [0.1, 0.15) is 5.76 Å². The van der Waals surface area contributed by atoms with Crippen LogP contribution in [0.1, 0.15) is 11.3 Å². The third kappa shape index (κ3) is 5.72. The Morgan fingerprint density at radius 3 is 2.39 bits per heavy atom. The van der Waals surface area contributed by atoms with E-state index >= 15 is 0 Å². The van der Waals surface area contributed by atoms with Crippen molar-refractivity contribution in [2.45, 2.75) is 23.3 Å². The summed E-state index contributed by atoms with van der Waals surface area (Å²) >= 11 is 1.44. The van der Waals surface area contributed by atoms with Gasteiger partial charge in [0.2, 0.25) is 15.9 Å². The Labute approximate surface area is 168 Å². The first kappa shape index (κ1) is 20.2. The van der Waals surface area contributed by atoms with E-state index in [0.717, 1.165) is 4.90 Å². The Balaban J connectivity index is 1.53. The SMILES string of the molecule is Cc1ccc(SCC(=O)Nc2ccc(S(=O)(=O)NCc3ccco3)cc2)cc1. The van der Waals surface area contributed by atoms with Gasteiger partial charge in [0, 0.05) is 10.6 Å². The lowest BCUT2D eigenvalue weighted by Crippen LogP contribution is -2.23.